The highest BCUT2D eigenvalue weighted by molar-refractivity contribution is 5.69. The Balaban J connectivity index is 2.00. The highest BCUT2D eigenvalue weighted by Crippen LogP contribution is 2.71. The van der Waals surface area contributed by atoms with Crippen molar-refractivity contribution >= 4 is 5.97 Å². The lowest BCUT2D eigenvalue weighted by Crippen LogP contribution is -2.62. The number of aliphatic hydroxyl groups is 1. The lowest BCUT2D eigenvalue weighted by molar-refractivity contribution is -0.212. The summed E-state index contributed by atoms with van der Waals surface area (Å²) in [6.45, 7) is 14.2. The average Bonchev–Trinajstić information content (AvgIpc) is 2.54. The van der Waals surface area contributed by atoms with Crippen LogP contribution < -0.4 is 0 Å². The summed E-state index contributed by atoms with van der Waals surface area (Å²) in [5.41, 5.74) is 0.603. The molecule has 3 aliphatic rings. The quantitative estimate of drug-likeness (QED) is 0.685. The second-order valence-electron chi connectivity index (χ2n) is 11.4. The molecule has 3 aliphatic carbocycles. The standard InChI is InChI=1S/C23H40O3/c1-20(2)11-8-16-22(5)13-10-18(24)21(3,4)15(22)9-12-23(16,6)17(20)14-19(25)26-7/h15-18,24H,8-14H2,1-7H3/t15?,16?,17?,18?,22-,23+/m0/s1. The van der Waals surface area contributed by atoms with E-state index in [1.807, 2.05) is 0 Å². The summed E-state index contributed by atoms with van der Waals surface area (Å²) < 4.78 is 5.08. The van der Waals surface area contributed by atoms with Crippen LogP contribution in [0.3, 0.4) is 0 Å². The molecule has 26 heavy (non-hydrogen) atoms. The van der Waals surface area contributed by atoms with Gasteiger partial charge in [-0.2, -0.15) is 0 Å². The fourth-order valence-corrected chi connectivity index (χ4v) is 8.00. The molecule has 0 aromatic heterocycles. The third-order valence-electron chi connectivity index (χ3n) is 9.49. The smallest absolute Gasteiger partial charge is 0.305 e. The van der Waals surface area contributed by atoms with Crippen LogP contribution in [0.15, 0.2) is 0 Å². The molecule has 6 atom stereocenters. The van der Waals surface area contributed by atoms with E-state index in [9.17, 15) is 9.90 Å². The van der Waals surface area contributed by atoms with Gasteiger partial charge in [-0.1, -0.05) is 41.5 Å². The van der Waals surface area contributed by atoms with Gasteiger partial charge in [0.05, 0.1) is 13.2 Å². The normalized spacial score (nSPS) is 46.8. The minimum Gasteiger partial charge on any atom is -0.469 e. The molecule has 0 saturated heterocycles. The van der Waals surface area contributed by atoms with E-state index in [0.717, 1.165) is 12.8 Å². The van der Waals surface area contributed by atoms with Gasteiger partial charge in [-0.3, -0.25) is 4.79 Å². The third kappa shape index (κ3) is 2.75. The summed E-state index contributed by atoms with van der Waals surface area (Å²) in [7, 11) is 1.52. The lowest BCUT2D eigenvalue weighted by atomic mass is 9.37. The van der Waals surface area contributed by atoms with Gasteiger partial charge < -0.3 is 9.84 Å². The molecule has 0 aliphatic heterocycles. The number of esters is 1. The van der Waals surface area contributed by atoms with E-state index in [0.29, 0.717) is 24.2 Å². The summed E-state index contributed by atoms with van der Waals surface area (Å²) in [6.07, 6.45) is 7.16. The zero-order valence-corrected chi connectivity index (χ0v) is 18.0. The van der Waals surface area contributed by atoms with Crippen molar-refractivity contribution in [1.29, 1.82) is 0 Å². The van der Waals surface area contributed by atoms with E-state index in [1.165, 1.54) is 32.8 Å². The van der Waals surface area contributed by atoms with Crippen molar-refractivity contribution in [2.75, 3.05) is 7.11 Å². The maximum Gasteiger partial charge on any atom is 0.305 e. The van der Waals surface area contributed by atoms with Crippen LogP contribution in [-0.4, -0.2) is 24.3 Å². The Kier molecular flexibility index (Phi) is 4.83. The van der Waals surface area contributed by atoms with Gasteiger partial charge in [0.1, 0.15) is 0 Å². The van der Waals surface area contributed by atoms with E-state index < -0.39 is 0 Å². The van der Waals surface area contributed by atoms with Crippen molar-refractivity contribution in [2.24, 2.45) is 39.4 Å². The predicted octanol–water partition coefficient (Wildman–Crippen LogP) is 5.21. The van der Waals surface area contributed by atoms with Gasteiger partial charge >= 0.3 is 5.97 Å². The molecule has 0 heterocycles. The van der Waals surface area contributed by atoms with Gasteiger partial charge in [0.25, 0.3) is 0 Å². The fourth-order valence-electron chi connectivity index (χ4n) is 8.00. The minimum atomic E-state index is -0.184. The van der Waals surface area contributed by atoms with Crippen LogP contribution in [-0.2, 0) is 9.53 Å². The van der Waals surface area contributed by atoms with Crippen LogP contribution in [0.5, 0.6) is 0 Å². The van der Waals surface area contributed by atoms with Crippen molar-refractivity contribution in [3.63, 3.8) is 0 Å². The van der Waals surface area contributed by atoms with Gasteiger partial charge in [0.15, 0.2) is 0 Å². The van der Waals surface area contributed by atoms with Crippen molar-refractivity contribution < 1.29 is 14.6 Å². The van der Waals surface area contributed by atoms with Crippen LogP contribution in [0.4, 0.5) is 0 Å². The van der Waals surface area contributed by atoms with Gasteiger partial charge in [-0.05, 0) is 77.9 Å². The molecular weight excluding hydrogens is 324 g/mol. The molecule has 0 aromatic rings. The third-order valence-corrected chi connectivity index (χ3v) is 9.49. The SMILES string of the molecule is COC(=O)CC1C(C)(C)CCC2[C@@]1(C)CCC1C(C)(C)C(O)CC[C@@]12C. The van der Waals surface area contributed by atoms with E-state index in [2.05, 4.69) is 41.5 Å². The Bertz CT molecular complexity index is 566. The van der Waals surface area contributed by atoms with E-state index in [1.54, 1.807) is 0 Å². The van der Waals surface area contributed by atoms with E-state index in [-0.39, 0.29) is 33.7 Å². The number of methoxy groups -OCH3 is 1. The molecule has 0 spiro atoms. The Hall–Kier alpha value is -0.570. The number of carbonyl (C=O) groups is 1. The molecule has 3 nitrogen and oxygen atoms in total. The fraction of sp³-hybridized carbons (Fsp3) is 0.957. The number of rotatable bonds is 2. The molecular formula is C23H40O3. The van der Waals surface area contributed by atoms with Crippen LogP contribution in [0, 0.1) is 39.4 Å². The zero-order valence-electron chi connectivity index (χ0n) is 18.0. The molecule has 0 aromatic carbocycles. The number of aliphatic hydroxyl groups excluding tert-OH is 1. The zero-order chi connectivity index (χ0) is 19.5. The second-order valence-corrected chi connectivity index (χ2v) is 11.4. The van der Waals surface area contributed by atoms with Gasteiger partial charge in [-0.15, -0.1) is 0 Å². The average molecular weight is 365 g/mol. The molecule has 3 fully saturated rings. The summed E-state index contributed by atoms with van der Waals surface area (Å²) in [5.74, 6) is 1.51. The second kappa shape index (κ2) is 6.22. The maximum atomic E-state index is 12.2. The summed E-state index contributed by atoms with van der Waals surface area (Å²) >= 11 is 0. The van der Waals surface area contributed by atoms with Crippen molar-refractivity contribution in [3.8, 4) is 0 Å². The lowest BCUT2D eigenvalue weighted by Gasteiger charge is -2.68. The van der Waals surface area contributed by atoms with E-state index >= 15 is 0 Å². The molecule has 0 amide bonds. The van der Waals surface area contributed by atoms with Crippen LogP contribution in [0.1, 0.15) is 86.5 Å². The number of fused-ring (bicyclic) bond motifs is 3. The highest BCUT2D eigenvalue weighted by Gasteiger charge is 2.64. The summed E-state index contributed by atoms with van der Waals surface area (Å²) in [6, 6.07) is 0. The number of carbonyl (C=O) groups excluding carboxylic acids is 1. The van der Waals surface area contributed by atoms with Gasteiger partial charge in [0.2, 0.25) is 0 Å². The monoisotopic (exact) mass is 364 g/mol. The first-order chi connectivity index (χ1) is 11.9. The Morgan fingerprint density at radius 3 is 2.12 bits per heavy atom. The molecule has 0 bridgehead atoms. The largest absolute Gasteiger partial charge is 0.469 e. The minimum absolute atomic E-state index is 0.0147. The summed E-state index contributed by atoms with van der Waals surface area (Å²) in [5, 5.41) is 10.7. The van der Waals surface area contributed by atoms with Crippen molar-refractivity contribution in [3.05, 3.63) is 0 Å². The van der Waals surface area contributed by atoms with Gasteiger partial charge in [-0.25, -0.2) is 0 Å². The predicted molar refractivity (Wildman–Crippen MR) is 105 cm³/mol. The molecule has 3 saturated carbocycles. The maximum absolute atomic E-state index is 12.2. The van der Waals surface area contributed by atoms with E-state index in [4.69, 9.17) is 4.74 Å². The highest BCUT2D eigenvalue weighted by atomic mass is 16.5. The number of hydrogen-bond acceptors (Lipinski definition) is 3. The van der Waals surface area contributed by atoms with Gasteiger partial charge in [0, 0.05) is 6.42 Å². The van der Waals surface area contributed by atoms with Crippen molar-refractivity contribution in [2.45, 2.75) is 92.6 Å². The Morgan fingerprint density at radius 1 is 0.923 bits per heavy atom. The first-order valence-corrected chi connectivity index (χ1v) is 10.6. The Labute approximate surface area is 160 Å². The summed E-state index contributed by atoms with van der Waals surface area (Å²) in [4.78, 5) is 12.2. The molecule has 3 rings (SSSR count). The molecule has 1 N–H and O–H groups in total. The molecule has 3 heteroatoms. The van der Waals surface area contributed by atoms with Crippen molar-refractivity contribution in [1.82, 2.24) is 0 Å². The molecule has 4 unspecified atom stereocenters. The number of ether oxygens (including phenoxy) is 1. The number of hydrogen-bond donors (Lipinski definition) is 1. The first-order valence-electron chi connectivity index (χ1n) is 10.6. The van der Waals surface area contributed by atoms with Crippen LogP contribution >= 0.6 is 0 Å². The van der Waals surface area contributed by atoms with Crippen LogP contribution in [0.2, 0.25) is 0 Å². The molecule has 0 radical (unpaired) electrons. The topological polar surface area (TPSA) is 46.5 Å². The molecule has 150 valence electrons. The first kappa shape index (κ1) is 20.2. The Morgan fingerprint density at radius 2 is 1.50 bits per heavy atom. The van der Waals surface area contributed by atoms with Crippen LogP contribution in [0.25, 0.3) is 0 Å².